The molecule has 22 heavy (non-hydrogen) atoms. The van der Waals surface area contributed by atoms with E-state index >= 15 is 0 Å². The molecule has 1 aromatic carbocycles. The Morgan fingerprint density at radius 2 is 1.86 bits per heavy atom. The van der Waals surface area contributed by atoms with Crippen molar-refractivity contribution in [3.8, 4) is 0 Å². The molecule has 0 saturated heterocycles. The van der Waals surface area contributed by atoms with Gasteiger partial charge in [-0.05, 0) is 30.5 Å². The van der Waals surface area contributed by atoms with Crippen LogP contribution in [0.25, 0.3) is 5.57 Å². The Hall–Kier alpha value is -1.21. The molecule has 5 nitrogen and oxygen atoms in total. The summed E-state index contributed by atoms with van der Waals surface area (Å²) in [5, 5.41) is 10.7. The van der Waals surface area contributed by atoms with Crippen LogP contribution in [0.3, 0.4) is 0 Å². The highest BCUT2D eigenvalue weighted by molar-refractivity contribution is 9.10. The maximum absolute atomic E-state index is 12.2. The SMILES string of the molecule is O=C1O[C@@H]2[C@H](C=C1c1ccc([N+](=O)[O-])cc1)C[C@@H](Br)C[C@@H]2Br. The van der Waals surface area contributed by atoms with Crippen molar-refractivity contribution < 1.29 is 14.5 Å². The van der Waals surface area contributed by atoms with Crippen LogP contribution in [0.15, 0.2) is 30.3 Å². The fourth-order valence-corrected chi connectivity index (χ4v) is 5.23. The van der Waals surface area contributed by atoms with Crippen LogP contribution in [0.4, 0.5) is 5.69 Å². The predicted molar refractivity (Wildman–Crippen MR) is 89.1 cm³/mol. The van der Waals surface area contributed by atoms with Crippen molar-refractivity contribution in [2.45, 2.75) is 28.6 Å². The monoisotopic (exact) mass is 429 g/mol. The number of benzene rings is 1. The van der Waals surface area contributed by atoms with Gasteiger partial charge in [-0.25, -0.2) is 4.79 Å². The standard InChI is InChI=1S/C15H13Br2NO4/c16-10-5-9-6-12(15(19)22-14(9)13(17)7-10)8-1-3-11(4-2-8)18(20)21/h1-4,6,9-10,13-14H,5,7H2/t9-,10+,13-,14+/m0/s1. The van der Waals surface area contributed by atoms with Crippen molar-refractivity contribution in [1.29, 1.82) is 0 Å². The van der Waals surface area contributed by atoms with Crippen molar-refractivity contribution in [3.63, 3.8) is 0 Å². The number of esters is 1. The van der Waals surface area contributed by atoms with Crippen molar-refractivity contribution in [2.24, 2.45) is 5.92 Å². The summed E-state index contributed by atoms with van der Waals surface area (Å²) in [7, 11) is 0. The summed E-state index contributed by atoms with van der Waals surface area (Å²) in [6.07, 6.45) is 3.61. The van der Waals surface area contributed by atoms with Crippen LogP contribution >= 0.6 is 31.9 Å². The van der Waals surface area contributed by atoms with E-state index in [1.807, 2.05) is 6.08 Å². The lowest BCUT2D eigenvalue weighted by atomic mass is 9.82. The number of alkyl halides is 2. The normalized spacial score (nSPS) is 31.0. The minimum Gasteiger partial charge on any atom is -0.457 e. The van der Waals surface area contributed by atoms with Crippen LogP contribution < -0.4 is 0 Å². The number of hydrogen-bond acceptors (Lipinski definition) is 4. The summed E-state index contributed by atoms with van der Waals surface area (Å²) >= 11 is 7.22. The van der Waals surface area contributed by atoms with E-state index in [9.17, 15) is 14.9 Å². The molecule has 2 aliphatic rings. The third-order valence-corrected chi connectivity index (χ3v) is 5.66. The fraction of sp³-hybridized carbons (Fsp3) is 0.400. The fourth-order valence-electron chi connectivity index (χ4n) is 2.94. The van der Waals surface area contributed by atoms with Gasteiger partial charge in [0.15, 0.2) is 0 Å². The average molecular weight is 431 g/mol. The van der Waals surface area contributed by atoms with Gasteiger partial charge in [-0.1, -0.05) is 37.9 Å². The van der Waals surface area contributed by atoms with Crippen molar-refractivity contribution in [2.75, 3.05) is 0 Å². The summed E-state index contributed by atoms with van der Waals surface area (Å²) in [5.74, 6) is -0.224. The third-order valence-electron chi connectivity index (χ3n) is 4.02. The number of carbonyl (C=O) groups is 1. The zero-order valence-corrected chi connectivity index (χ0v) is 14.6. The molecule has 116 valence electrons. The Bertz CT molecular complexity index is 643. The lowest BCUT2D eigenvalue weighted by Crippen LogP contribution is -2.43. The molecule has 0 spiro atoms. The summed E-state index contributed by atoms with van der Waals surface area (Å²) < 4.78 is 5.59. The number of rotatable bonds is 2. The Morgan fingerprint density at radius 1 is 1.18 bits per heavy atom. The van der Waals surface area contributed by atoms with Crippen LogP contribution in [0.5, 0.6) is 0 Å². The molecule has 0 radical (unpaired) electrons. The van der Waals surface area contributed by atoms with Gasteiger partial charge in [-0.15, -0.1) is 0 Å². The van der Waals surface area contributed by atoms with Gasteiger partial charge < -0.3 is 4.74 Å². The van der Waals surface area contributed by atoms with Gasteiger partial charge in [0.25, 0.3) is 5.69 Å². The molecule has 0 bridgehead atoms. The highest BCUT2D eigenvalue weighted by atomic mass is 79.9. The van der Waals surface area contributed by atoms with E-state index in [2.05, 4.69) is 31.9 Å². The number of nitrogens with zero attached hydrogens (tertiary/aromatic N) is 1. The first-order valence-corrected chi connectivity index (χ1v) is 8.74. The molecule has 0 unspecified atom stereocenters. The molecule has 0 aromatic heterocycles. The molecular formula is C15H13Br2NO4. The number of non-ortho nitro benzene ring substituents is 1. The molecule has 1 heterocycles. The van der Waals surface area contributed by atoms with Gasteiger partial charge in [0.2, 0.25) is 0 Å². The van der Waals surface area contributed by atoms with Crippen molar-refractivity contribution >= 4 is 49.1 Å². The van der Waals surface area contributed by atoms with Gasteiger partial charge >= 0.3 is 5.97 Å². The quantitative estimate of drug-likeness (QED) is 0.309. The first-order valence-electron chi connectivity index (χ1n) is 6.91. The maximum atomic E-state index is 12.2. The van der Waals surface area contributed by atoms with Crippen LogP contribution in [0, 0.1) is 16.0 Å². The van der Waals surface area contributed by atoms with Crippen LogP contribution in [-0.4, -0.2) is 26.7 Å². The minimum atomic E-state index is -0.459. The molecule has 0 N–H and O–H groups in total. The van der Waals surface area contributed by atoms with Crippen LogP contribution in [-0.2, 0) is 9.53 Å². The Morgan fingerprint density at radius 3 is 2.50 bits per heavy atom. The average Bonchev–Trinajstić information content (AvgIpc) is 2.47. The molecule has 1 aliphatic heterocycles. The second-order valence-corrected chi connectivity index (χ2v) is 7.97. The number of fused-ring (bicyclic) bond motifs is 1. The van der Waals surface area contributed by atoms with Crippen LogP contribution in [0.1, 0.15) is 18.4 Å². The molecule has 4 atom stereocenters. The van der Waals surface area contributed by atoms with Gasteiger partial charge in [0.05, 0.1) is 15.3 Å². The van der Waals surface area contributed by atoms with E-state index in [0.29, 0.717) is 16.0 Å². The number of ether oxygens (including phenoxy) is 1. The summed E-state index contributed by atoms with van der Waals surface area (Å²) in [5.41, 5.74) is 1.14. The van der Waals surface area contributed by atoms with E-state index in [-0.39, 0.29) is 28.5 Å². The smallest absolute Gasteiger partial charge is 0.338 e. The molecule has 0 amide bonds. The van der Waals surface area contributed by atoms with Crippen molar-refractivity contribution in [1.82, 2.24) is 0 Å². The minimum absolute atomic E-state index is 0.00474. The lowest BCUT2D eigenvalue weighted by molar-refractivity contribution is -0.384. The maximum Gasteiger partial charge on any atom is 0.338 e. The number of nitro benzene ring substituents is 1. The Kier molecular flexibility index (Phi) is 4.36. The zero-order valence-electron chi connectivity index (χ0n) is 11.4. The highest BCUT2D eigenvalue weighted by Gasteiger charge is 2.41. The second-order valence-electron chi connectivity index (χ2n) is 5.50. The number of nitro groups is 1. The molecular weight excluding hydrogens is 418 g/mol. The number of hydrogen-bond donors (Lipinski definition) is 0. The summed E-state index contributed by atoms with van der Waals surface area (Å²) in [6, 6.07) is 5.98. The van der Waals surface area contributed by atoms with E-state index in [0.717, 1.165) is 12.8 Å². The van der Waals surface area contributed by atoms with E-state index in [4.69, 9.17) is 4.74 Å². The van der Waals surface area contributed by atoms with Gasteiger partial charge in [0.1, 0.15) is 6.10 Å². The molecule has 1 aromatic rings. The first kappa shape index (κ1) is 15.7. The third kappa shape index (κ3) is 2.96. The van der Waals surface area contributed by atoms with Crippen LogP contribution in [0.2, 0.25) is 0 Å². The Labute approximate surface area is 144 Å². The van der Waals surface area contributed by atoms with Gasteiger partial charge in [0, 0.05) is 22.9 Å². The molecule has 1 saturated carbocycles. The molecule has 3 rings (SSSR count). The summed E-state index contributed by atoms with van der Waals surface area (Å²) in [6.45, 7) is 0. The number of carbonyl (C=O) groups excluding carboxylic acids is 1. The second kappa shape index (κ2) is 6.12. The van der Waals surface area contributed by atoms with Crippen molar-refractivity contribution in [3.05, 3.63) is 46.0 Å². The number of halogens is 2. The van der Waals surface area contributed by atoms with E-state index < -0.39 is 4.92 Å². The molecule has 7 heteroatoms. The zero-order chi connectivity index (χ0) is 15.9. The topological polar surface area (TPSA) is 69.4 Å². The van der Waals surface area contributed by atoms with E-state index in [1.54, 1.807) is 12.1 Å². The summed E-state index contributed by atoms with van der Waals surface area (Å²) in [4.78, 5) is 23.0. The highest BCUT2D eigenvalue weighted by Crippen LogP contribution is 2.40. The van der Waals surface area contributed by atoms with Gasteiger partial charge in [-0.3, -0.25) is 10.1 Å². The predicted octanol–water partition coefficient (Wildman–Crippen LogP) is 3.84. The van der Waals surface area contributed by atoms with Gasteiger partial charge in [-0.2, -0.15) is 0 Å². The Balaban J connectivity index is 1.91. The van der Waals surface area contributed by atoms with E-state index in [1.165, 1.54) is 12.1 Å². The lowest BCUT2D eigenvalue weighted by Gasteiger charge is -2.38. The molecule has 1 fully saturated rings. The largest absolute Gasteiger partial charge is 0.457 e. The first-order chi connectivity index (χ1) is 10.5. The molecule has 1 aliphatic carbocycles.